The minimum Gasteiger partial charge on any atom is -0.455 e. The summed E-state index contributed by atoms with van der Waals surface area (Å²) in [4.78, 5) is 39.8. The molecule has 1 heterocycles. The van der Waals surface area contributed by atoms with E-state index in [9.17, 15) is 14.4 Å². The third-order valence-electron chi connectivity index (χ3n) is 3.83. The second-order valence-corrected chi connectivity index (χ2v) is 9.29. The Balaban J connectivity index is 1.73. The van der Waals surface area contributed by atoms with Gasteiger partial charge in [0, 0.05) is 11.9 Å². The average Bonchev–Trinajstić information content (AvgIpc) is 2.70. The molecule has 0 saturated carbocycles. The Hall–Kier alpha value is -3.40. The molecule has 0 atom stereocenters. The van der Waals surface area contributed by atoms with Crippen molar-refractivity contribution < 1.29 is 38.1 Å². The number of ether oxygens (including phenoxy) is 5. The molecule has 1 aromatic carbocycles. The van der Waals surface area contributed by atoms with Crippen molar-refractivity contribution in [2.45, 2.75) is 52.7 Å². The molecule has 10 heteroatoms. The lowest BCUT2D eigenvalue weighted by atomic mass is 10.1. The fraction of sp³-hybridized carbons (Fsp3) is 0.500. The van der Waals surface area contributed by atoms with Gasteiger partial charge in [-0.15, -0.1) is 0 Å². The molecular formula is C24H32N2O8. The van der Waals surface area contributed by atoms with Crippen LogP contribution in [0.5, 0.6) is 5.75 Å². The topological polar surface area (TPSA) is 122 Å². The summed E-state index contributed by atoms with van der Waals surface area (Å²) in [5.41, 5.74) is -0.438. The van der Waals surface area contributed by atoms with Gasteiger partial charge in [-0.2, -0.15) is 0 Å². The summed E-state index contributed by atoms with van der Waals surface area (Å²) in [6.07, 6.45) is -1.41. The first-order valence-corrected chi connectivity index (χ1v) is 10.9. The standard InChI is InChI=1S/C24H32N2O8/c1-23(2,3)33-20(27)19-9-7-16-15-17(8-10-18(16)26-19)32-22(29)31-14-13-30-12-11-25-21(28)34-24(4,5)6/h7-10,15H,11-14H2,1-6H3,(H,25,28). The van der Waals surface area contributed by atoms with Gasteiger partial charge < -0.3 is 29.0 Å². The van der Waals surface area contributed by atoms with Crippen molar-refractivity contribution in [2.75, 3.05) is 26.4 Å². The number of nitrogens with zero attached hydrogens (tertiary/aromatic N) is 1. The first kappa shape index (κ1) is 26.8. The molecule has 2 rings (SSSR count). The monoisotopic (exact) mass is 476 g/mol. The Labute approximate surface area is 198 Å². The zero-order valence-electron chi connectivity index (χ0n) is 20.4. The van der Waals surface area contributed by atoms with Gasteiger partial charge >= 0.3 is 18.2 Å². The number of pyridine rings is 1. The number of carbonyl (C=O) groups excluding carboxylic acids is 3. The fourth-order valence-electron chi connectivity index (χ4n) is 2.56. The zero-order chi connectivity index (χ0) is 25.4. The van der Waals surface area contributed by atoms with E-state index in [0.29, 0.717) is 10.9 Å². The summed E-state index contributed by atoms with van der Waals surface area (Å²) in [6, 6.07) is 8.04. The van der Waals surface area contributed by atoms with Gasteiger partial charge in [-0.25, -0.2) is 19.4 Å². The van der Waals surface area contributed by atoms with E-state index in [-0.39, 0.29) is 37.8 Å². The van der Waals surface area contributed by atoms with Crippen LogP contribution >= 0.6 is 0 Å². The maximum atomic E-state index is 12.2. The number of alkyl carbamates (subject to hydrolysis) is 1. The molecule has 0 aliphatic heterocycles. The molecule has 1 aromatic heterocycles. The number of rotatable bonds is 8. The van der Waals surface area contributed by atoms with Crippen LogP contribution in [0, 0.1) is 0 Å². The van der Waals surface area contributed by atoms with Crippen LogP contribution in [-0.2, 0) is 18.9 Å². The van der Waals surface area contributed by atoms with Crippen LogP contribution in [0.2, 0.25) is 0 Å². The van der Waals surface area contributed by atoms with E-state index in [0.717, 1.165) is 0 Å². The molecule has 0 aliphatic rings. The van der Waals surface area contributed by atoms with Crippen LogP contribution in [0.4, 0.5) is 9.59 Å². The molecule has 2 aromatic rings. The summed E-state index contributed by atoms with van der Waals surface area (Å²) in [6.45, 7) is 11.3. The number of amides is 1. The summed E-state index contributed by atoms with van der Waals surface area (Å²) in [7, 11) is 0. The smallest absolute Gasteiger partial charge is 0.455 e. The van der Waals surface area contributed by atoms with Crippen LogP contribution in [0.3, 0.4) is 0 Å². The molecule has 0 saturated heterocycles. The van der Waals surface area contributed by atoms with Gasteiger partial charge in [-0.05, 0) is 65.8 Å². The third-order valence-corrected chi connectivity index (χ3v) is 3.83. The number of benzene rings is 1. The molecule has 0 unspecified atom stereocenters. The predicted molar refractivity (Wildman–Crippen MR) is 124 cm³/mol. The van der Waals surface area contributed by atoms with Crippen molar-refractivity contribution >= 4 is 29.1 Å². The Bertz CT molecular complexity index is 1010. The summed E-state index contributed by atoms with van der Waals surface area (Å²) in [5.74, 6) is -0.243. The zero-order valence-corrected chi connectivity index (χ0v) is 20.4. The lowest BCUT2D eigenvalue weighted by Gasteiger charge is -2.19. The lowest BCUT2D eigenvalue weighted by molar-refractivity contribution is 0.00628. The van der Waals surface area contributed by atoms with Crippen LogP contribution in [0.25, 0.3) is 10.9 Å². The number of nitrogens with one attached hydrogen (secondary N) is 1. The van der Waals surface area contributed by atoms with Crippen molar-refractivity contribution in [3.63, 3.8) is 0 Å². The van der Waals surface area contributed by atoms with E-state index in [1.807, 2.05) is 0 Å². The maximum absolute atomic E-state index is 12.2. The van der Waals surface area contributed by atoms with Gasteiger partial charge in [0.2, 0.25) is 0 Å². The van der Waals surface area contributed by atoms with Gasteiger partial charge in [-0.1, -0.05) is 6.07 Å². The SMILES string of the molecule is CC(C)(C)OC(=O)NCCOCCOC(=O)Oc1ccc2nc(C(=O)OC(C)(C)C)ccc2c1. The quantitative estimate of drug-likeness (QED) is 0.258. The van der Waals surface area contributed by atoms with E-state index in [1.54, 1.807) is 71.9 Å². The molecule has 0 radical (unpaired) electrons. The summed E-state index contributed by atoms with van der Waals surface area (Å²) in [5, 5.41) is 3.24. The Morgan fingerprint density at radius 1 is 0.882 bits per heavy atom. The van der Waals surface area contributed by atoms with Crippen molar-refractivity contribution in [3.05, 3.63) is 36.0 Å². The van der Waals surface area contributed by atoms with E-state index < -0.39 is 29.4 Å². The number of hydrogen-bond donors (Lipinski definition) is 1. The molecule has 1 amide bonds. The normalized spacial score (nSPS) is 11.6. The van der Waals surface area contributed by atoms with Gasteiger partial charge in [0.15, 0.2) is 0 Å². The van der Waals surface area contributed by atoms with Crippen LogP contribution < -0.4 is 10.1 Å². The van der Waals surface area contributed by atoms with Gasteiger partial charge in [-0.3, -0.25) is 0 Å². The number of aromatic nitrogens is 1. The number of carbonyl (C=O) groups is 3. The Kier molecular flexibility index (Phi) is 9.19. The van der Waals surface area contributed by atoms with E-state index in [4.69, 9.17) is 23.7 Å². The molecule has 0 aliphatic carbocycles. The van der Waals surface area contributed by atoms with Gasteiger partial charge in [0.1, 0.15) is 29.3 Å². The van der Waals surface area contributed by atoms with Gasteiger partial charge in [0.25, 0.3) is 0 Å². The Morgan fingerprint density at radius 3 is 2.26 bits per heavy atom. The summed E-state index contributed by atoms with van der Waals surface area (Å²) >= 11 is 0. The minimum absolute atomic E-state index is 0.0142. The van der Waals surface area contributed by atoms with Crippen LogP contribution in [0.15, 0.2) is 30.3 Å². The highest BCUT2D eigenvalue weighted by Crippen LogP contribution is 2.21. The highest BCUT2D eigenvalue weighted by Gasteiger charge is 2.19. The number of hydrogen-bond acceptors (Lipinski definition) is 9. The number of fused-ring (bicyclic) bond motifs is 1. The highest BCUT2D eigenvalue weighted by atomic mass is 16.7. The van der Waals surface area contributed by atoms with E-state index in [1.165, 1.54) is 0 Å². The predicted octanol–water partition coefficient (Wildman–Crippen LogP) is 4.25. The van der Waals surface area contributed by atoms with Gasteiger partial charge in [0.05, 0.1) is 18.7 Å². The fourth-order valence-corrected chi connectivity index (χ4v) is 2.56. The first-order chi connectivity index (χ1) is 15.8. The molecule has 186 valence electrons. The van der Waals surface area contributed by atoms with Crippen molar-refractivity contribution in [2.24, 2.45) is 0 Å². The maximum Gasteiger partial charge on any atom is 0.513 e. The van der Waals surface area contributed by atoms with Crippen molar-refractivity contribution in [1.82, 2.24) is 10.3 Å². The van der Waals surface area contributed by atoms with Crippen molar-refractivity contribution in [1.29, 1.82) is 0 Å². The highest BCUT2D eigenvalue weighted by molar-refractivity contribution is 5.91. The van der Waals surface area contributed by atoms with Crippen LogP contribution in [0.1, 0.15) is 52.0 Å². The second kappa shape index (κ2) is 11.6. The van der Waals surface area contributed by atoms with E-state index in [2.05, 4.69) is 10.3 Å². The summed E-state index contributed by atoms with van der Waals surface area (Å²) < 4.78 is 25.8. The molecular weight excluding hydrogens is 444 g/mol. The Morgan fingerprint density at radius 2 is 1.59 bits per heavy atom. The molecule has 34 heavy (non-hydrogen) atoms. The third kappa shape index (κ3) is 10.0. The van der Waals surface area contributed by atoms with E-state index >= 15 is 0 Å². The minimum atomic E-state index is -0.881. The lowest BCUT2D eigenvalue weighted by Crippen LogP contribution is -2.34. The number of esters is 1. The molecule has 1 N–H and O–H groups in total. The van der Waals surface area contributed by atoms with Crippen LogP contribution in [-0.4, -0.2) is 60.8 Å². The molecule has 0 bridgehead atoms. The second-order valence-electron chi connectivity index (χ2n) is 9.29. The van der Waals surface area contributed by atoms with Crippen molar-refractivity contribution in [3.8, 4) is 5.75 Å². The first-order valence-electron chi connectivity index (χ1n) is 10.9. The largest absolute Gasteiger partial charge is 0.513 e. The average molecular weight is 477 g/mol. The molecule has 0 fully saturated rings. The molecule has 10 nitrogen and oxygen atoms in total. The molecule has 0 spiro atoms.